The maximum Gasteiger partial charge on any atom is 0.182 e. The number of nitrogens with zero attached hydrogens (tertiary/aromatic N) is 6. The zero-order chi connectivity index (χ0) is 13.4. The maximum atomic E-state index is 4.24. The second-order valence-electron chi connectivity index (χ2n) is 4.21. The first-order valence-electron chi connectivity index (χ1n) is 6.07. The van der Waals surface area contributed by atoms with Crippen LogP contribution in [0.15, 0.2) is 37.2 Å². The Balaban J connectivity index is 1.67. The number of fused-ring (bicyclic) bond motifs is 2. The second kappa shape index (κ2) is 4.26. The molecule has 20 heavy (non-hydrogen) atoms. The van der Waals surface area contributed by atoms with E-state index in [2.05, 4.69) is 35.3 Å². The van der Waals surface area contributed by atoms with Gasteiger partial charge in [0.05, 0.1) is 24.8 Å². The van der Waals surface area contributed by atoms with E-state index in [0.717, 1.165) is 16.9 Å². The largest absolute Gasteiger partial charge is 0.363 e. The first-order valence-corrected chi connectivity index (χ1v) is 6.07. The van der Waals surface area contributed by atoms with Crippen molar-refractivity contribution >= 4 is 22.6 Å². The number of H-pyrrole nitrogens is 1. The highest BCUT2D eigenvalue weighted by atomic mass is 15.3. The van der Waals surface area contributed by atoms with Gasteiger partial charge in [0.2, 0.25) is 0 Å². The monoisotopic (exact) mass is 266 g/mol. The smallest absolute Gasteiger partial charge is 0.182 e. The minimum Gasteiger partial charge on any atom is -0.363 e. The minimum absolute atomic E-state index is 0.575. The van der Waals surface area contributed by atoms with Crippen LogP contribution in [0.4, 0.5) is 5.82 Å². The van der Waals surface area contributed by atoms with Crippen molar-refractivity contribution in [1.29, 1.82) is 0 Å². The van der Waals surface area contributed by atoms with Crippen LogP contribution in [0.1, 0.15) is 5.69 Å². The molecule has 98 valence electrons. The zero-order valence-electron chi connectivity index (χ0n) is 10.4. The van der Waals surface area contributed by atoms with Gasteiger partial charge >= 0.3 is 0 Å². The summed E-state index contributed by atoms with van der Waals surface area (Å²) < 4.78 is 1.79. The number of aromatic amines is 1. The van der Waals surface area contributed by atoms with E-state index in [9.17, 15) is 0 Å². The van der Waals surface area contributed by atoms with Gasteiger partial charge in [0.25, 0.3) is 0 Å². The summed E-state index contributed by atoms with van der Waals surface area (Å²) in [5.74, 6) is 0.713. The quantitative estimate of drug-likeness (QED) is 0.574. The summed E-state index contributed by atoms with van der Waals surface area (Å²) >= 11 is 0. The molecular formula is C12H10N8. The van der Waals surface area contributed by atoms with E-state index in [1.165, 1.54) is 6.33 Å². The Hall–Kier alpha value is -3.03. The van der Waals surface area contributed by atoms with Crippen molar-refractivity contribution in [3.63, 3.8) is 0 Å². The van der Waals surface area contributed by atoms with Crippen molar-refractivity contribution in [2.45, 2.75) is 6.54 Å². The molecule has 0 aliphatic heterocycles. The van der Waals surface area contributed by atoms with E-state index in [1.807, 2.05) is 12.1 Å². The Bertz CT molecular complexity index is 803. The third-order valence-electron chi connectivity index (χ3n) is 3.03. The van der Waals surface area contributed by atoms with Crippen LogP contribution in [0.25, 0.3) is 16.8 Å². The summed E-state index contributed by atoms with van der Waals surface area (Å²) in [7, 11) is 0. The lowest BCUT2D eigenvalue weighted by Crippen LogP contribution is -2.08. The van der Waals surface area contributed by atoms with Crippen molar-refractivity contribution in [2.24, 2.45) is 0 Å². The third-order valence-corrected chi connectivity index (χ3v) is 3.03. The van der Waals surface area contributed by atoms with Crippen molar-refractivity contribution in [2.75, 3.05) is 5.32 Å². The Labute approximate surface area is 112 Å². The molecule has 4 aromatic heterocycles. The first-order chi connectivity index (χ1) is 9.92. The van der Waals surface area contributed by atoms with Crippen LogP contribution in [-0.4, -0.2) is 34.5 Å². The number of imidazole rings is 1. The number of aromatic nitrogens is 7. The first kappa shape index (κ1) is 10.9. The van der Waals surface area contributed by atoms with Gasteiger partial charge in [-0.1, -0.05) is 0 Å². The summed E-state index contributed by atoms with van der Waals surface area (Å²) in [5, 5.41) is 7.51. The molecule has 0 amide bonds. The average molecular weight is 266 g/mol. The lowest BCUT2D eigenvalue weighted by atomic mass is 10.4. The van der Waals surface area contributed by atoms with Crippen molar-refractivity contribution in [1.82, 2.24) is 34.5 Å². The average Bonchev–Trinajstić information content (AvgIpc) is 3.13. The molecule has 0 spiro atoms. The minimum atomic E-state index is 0.575. The molecule has 0 unspecified atom stereocenters. The standard InChI is InChI=1S/C12H10N8/c1-3-13-9-2-4-19-20(9)8(1)5-14-11-10-12(16-6-15-10)18-7-17-11/h1-4,6-7H,5H2,(H2,14,15,16,17,18). The lowest BCUT2D eigenvalue weighted by Gasteiger charge is -2.07. The van der Waals surface area contributed by atoms with Crippen molar-refractivity contribution < 1.29 is 0 Å². The Morgan fingerprint density at radius 2 is 2.10 bits per heavy atom. The highest BCUT2D eigenvalue weighted by Crippen LogP contribution is 2.15. The van der Waals surface area contributed by atoms with E-state index >= 15 is 0 Å². The highest BCUT2D eigenvalue weighted by molar-refractivity contribution is 5.81. The van der Waals surface area contributed by atoms with Gasteiger partial charge in [-0.2, -0.15) is 5.10 Å². The number of hydrogen-bond donors (Lipinski definition) is 2. The second-order valence-corrected chi connectivity index (χ2v) is 4.21. The van der Waals surface area contributed by atoms with Gasteiger partial charge in [-0.3, -0.25) is 0 Å². The molecule has 4 aromatic rings. The molecule has 0 fully saturated rings. The van der Waals surface area contributed by atoms with Crippen LogP contribution in [0.3, 0.4) is 0 Å². The number of hydrogen-bond acceptors (Lipinski definition) is 6. The van der Waals surface area contributed by atoms with E-state index in [0.29, 0.717) is 18.0 Å². The van der Waals surface area contributed by atoms with Gasteiger partial charge in [-0.25, -0.2) is 24.5 Å². The lowest BCUT2D eigenvalue weighted by molar-refractivity contribution is 0.852. The predicted molar refractivity (Wildman–Crippen MR) is 72.0 cm³/mol. The van der Waals surface area contributed by atoms with Gasteiger partial charge in [-0.05, 0) is 6.07 Å². The molecule has 0 aliphatic rings. The fraction of sp³-hybridized carbons (Fsp3) is 0.0833. The Morgan fingerprint density at radius 1 is 1.10 bits per heavy atom. The van der Waals surface area contributed by atoms with Crippen LogP contribution in [0.2, 0.25) is 0 Å². The molecule has 4 rings (SSSR count). The molecular weight excluding hydrogens is 256 g/mol. The Kier molecular flexibility index (Phi) is 2.31. The van der Waals surface area contributed by atoms with Gasteiger partial charge in [0, 0.05) is 12.3 Å². The van der Waals surface area contributed by atoms with E-state index in [1.54, 1.807) is 23.2 Å². The number of anilines is 1. The molecule has 8 heteroatoms. The number of rotatable bonds is 3. The van der Waals surface area contributed by atoms with E-state index < -0.39 is 0 Å². The molecule has 0 atom stereocenters. The van der Waals surface area contributed by atoms with E-state index in [-0.39, 0.29) is 0 Å². The van der Waals surface area contributed by atoms with Crippen LogP contribution >= 0.6 is 0 Å². The summed E-state index contributed by atoms with van der Waals surface area (Å²) in [6, 6.07) is 3.78. The molecule has 0 bridgehead atoms. The Morgan fingerprint density at radius 3 is 3.10 bits per heavy atom. The summed E-state index contributed by atoms with van der Waals surface area (Å²) in [6.45, 7) is 0.575. The summed E-state index contributed by atoms with van der Waals surface area (Å²) in [4.78, 5) is 19.7. The molecule has 4 heterocycles. The molecule has 0 aromatic carbocycles. The fourth-order valence-electron chi connectivity index (χ4n) is 2.09. The third kappa shape index (κ3) is 1.66. The molecule has 0 aliphatic carbocycles. The van der Waals surface area contributed by atoms with Gasteiger partial charge in [0.1, 0.15) is 11.8 Å². The van der Waals surface area contributed by atoms with Crippen LogP contribution < -0.4 is 5.32 Å². The van der Waals surface area contributed by atoms with E-state index in [4.69, 9.17) is 0 Å². The fourth-order valence-corrected chi connectivity index (χ4v) is 2.09. The van der Waals surface area contributed by atoms with Gasteiger partial charge in [-0.15, -0.1) is 0 Å². The van der Waals surface area contributed by atoms with Crippen LogP contribution in [0, 0.1) is 0 Å². The SMILES string of the molecule is c1nc(NCc2ccnc3ccnn23)c2[nH]cnc2n1. The molecule has 0 saturated carbocycles. The molecule has 2 N–H and O–H groups in total. The molecule has 0 radical (unpaired) electrons. The summed E-state index contributed by atoms with van der Waals surface area (Å²) in [6.07, 6.45) is 6.58. The molecule has 8 nitrogen and oxygen atoms in total. The zero-order valence-corrected chi connectivity index (χ0v) is 10.4. The molecule has 0 saturated heterocycles. The maximum absolute atomic E-state index is 4.24. The van der Waals surface area contributed by atoms with Crippen molar-refractivity contribution in [3.05, 3.63) is 42.9 Å². The van der Waals surface area contributed by atoms with Crippen LogP contribution in [0.5, 0.6) is 0 Å². The highest BCUT2D eigenvalue weighted by Gasteiger charge is 2.07. The van der Waals surface area contributed by atoms with Gasteiger partial charge in [0.15, 0.2) is 17.1 Å². The van der Waals surface area contributed by atoms with Gasteiger partial charge < -0.3 is 10.3 Å². The van der Waals surface area contributed by atoms with Crippen LogP contribution in [-0.2, 0) is 6.54 Å². The summed E-state index contributed by atoms with van der Waals surface area (Å²) in [5.41, 5.74) is 3.24. The van der Waals surface area contributed by atoms with Crippen molar-refractivity contribution in [3.8, 4) is 0 Å². The normalized spacial score (nSPS) is 11.2. The number of nitrogens with one attached hydrogen (secondary N) is 2. The predicted octanol–water partition coefficient (Wildman–Crippen LogP) is 1.01. The topological polar surface area (TPSA) is 96.7 Å².